The van der Waals surface area contributed by atoms with Crippen LogP contribution in [0.1, 0.15) is 17.7 Å². The Balaban J connectivity index is 1.76. The Labute approximate surface area is 140 Å². The van der Waals surface area contributed by atoms with E-state index in [1.165, 1.54) is 0 Å². The number of pyridine rings is 1. The lowest BCUT2D eigenvalue weighted by Gasteiger charge is -2.04. The number of nitrogens with one attached hydrogen (secondary N) is 1. The number of nitrogens with zero attached hydrogens (tertiary/aromatic N) is 2. The molecular formula is C18H20N4O2. The fourth-order valence-electron chi connectivity index (χ4n) is 2.51. The van der Waals surface area contributed by atoms with Crippen LogP contribution in [0.5, 0.6) is 5.75 Å². The second kappa shape index (κ2) is 7.14. The molecule has 2 heterocycles. The summed E-state index contributed by atoms with van der Waals surface area (Å²) in [4.78, 5) is 16.2. The Morgan fingerprint density at radius 3 is 2.71 bits per heavy atom. The van der Waals surface area contributed by atoms with Gasteiger partial charge < -0.3 is 20.2 Å². The van der Waals surface area contributed by atoms with E-state index in [1.54, 1.807) is 7.11 Å². The van der Waals surface area contributed by atoms with Crippen molar-refractivity contribution >= 4 is 17.2 Å². The van der Waals surface area contributed by atoms with Crippen LogP contribution >= 0.6 is 0 Å². The highest BCUT2D eigenvalue weighted by Crippen LogP contribution is 2.16. The summed E-state index contributed by atoms with van der Waals surface area (Å²) in [5.74, 6) is 0.752. The van der Waals surface area contributed by atoms with Crippen LogP contribution in [-0.2, 0) is 11.2 Å². The largest absolute Gasteiger partial charge is 0.497 e. The van der Waals surface area contributed by atoms with E-state index in [9.17, 15) is 4.79 Å². The zero-order chi connectivity index (χ0) is 16.9. The van der Waals surface area contributed by atoms with Gasteiger partial charge in [-0.3, -0.25) is 4.79 Å². The van der Waals surface area contributed by atoms with Crippen molar-refractivity contribution in [2.24, 2.45) is 5.73 Å². The predicted molar refractivity (Wildman–Crippen MR) is 93.3 cm³/mol. The summed E-state index contributed by atoms with van der Waals surface area (Å²) in [6, 6.07) is 11.7. The van der Waals surface area contributed by atoms with Crippen LogP contribution in [-0.4, -0.2) is 28.9 Å². The summed E-state index contributed by atoms with van der Waals surface area (Å²) in [6.45, 7) is 0.338. The maximum atomic E-state index is 11.6. The van der Waals surface area contributed by atoms with Gasteiger partial charge in [0.1, 0.15) is 11.4 Å². The standard InChI is InChI=1S/C18H20N4O2/c1-24-16-5-2-13(3-6-16)10-15-12-22-11-14(4-7-17(22)20-15)21-18(23)8-9-19/h2-7,11-12H,8-10,19H2,1H3,(H,21,23). The van der Waals surface area contributed by atoms with Crippen LogP contribution in [0, 0.1) is 0 Å². The lowest BCUT2D eigenvalue weighted by Crippen LogP contribution is -2.16. The molecule has 1 aromatic carbocycles. The number of ether oxygens (including phenoxy) is 1. The fourth-order valence-corrected chi connectivity index (χ4v) is 2.51. The first-order chi connectivity index (χ1) is 11.7. The van der Waals surface area contributed by atoms with E-state index < -0.39 is 0 Å². The maximum Gasteiger partial charge on any atom is 0.225 e. The molecule has 0 aliphatic carbocycles. The third-order valence-electron chi connectivity index (χ3n) is 3.70. The molecule has 0 bridgehead atoms. The number of aromatic nitrogens is 2. The minimum atomic E-state index is -0.0876. The van der Waals surface area contributed by atoms with Gasteiger partial charge in [0, 0.05) is 31.8 Å². The zero-order valence-corrected chi connectivity index (χ0v) is 13.5. The van der Waals surface area contributed by atoms with Crippen LogP contribution in [0.2, 0.25) is 0 Å². The number of anilines is 1. The molecule has 24 heavy (non-hydrogen) atoms. The van der Waals surface area contributed by atoms with Gasteiger partial charge in [-0.05, 0) is 29.8 Å². The fraction of sp³-hybridized carbons (Fsp3) is 0.222. The number of nitrogens with two attached hydrogens (primary N) is 1. The van der Waals surface area contributed by atoms with E-state index in [1.807, 2.05) is 53.2 Å². The van der Waals surface area contributed by atoms with E-state index >= 15 is 0 Å². The Morgan fingerprint density at radius 2 is 2.00 bits per heavy atom. The number of carbonyl (C=O) groups excluding carboxylic acids is 1. The average molecular weight is 324 g/mol. The predicted octanol–water partition coefficient (Wildman–Crippen LogP) is 2.22. The monoisotopic (exact) mass is 324 g/mol. The number of hydrogen-bond donors (Lipinski definition) is 2. The quantitative estimate of drug-likeness (QED) is 0.728. The number of fused-ring (bicyclic) bond motifs is 1. The summed E-state index contributed by atoms with van der Waals surface area (Å²) in [5, 5.41) is 2.83. The van der Waals surface area contributed by atoms with E-state index in [0.29, 0.717) is 13.0 Å². The molecule has 3 N–H and O–H groups in total. The van der Waals surface area contributed by atoms with Crippen molar-refractivity contribution in [3.8, 4) is 5.75 Å². The molecule has 0 radical (unpaired) electrons. The van der Waals surface area contributed by atoms with Gasteiger partial charge in [0.05, 0.1) is 18.5 Å². The number of carbonyl (C=O) groups is 1. The molecule has 0 atom stereocenters. The highest BCUT2D eigenvalue weighted by atomic mass is 16.5. The van der Waals surface area contributed by atoms with Crippen LogP contribution in [0.15, 0.2) is 48.8 Å². The molecule has 124 valence electrons. The van der Waals surface area contributed by atoms with Gasteiger partial charge in [-0.1, -0.05) is 12.1 Å². The molecule has 0 fully saturated rings. The summed E-state index contributed by atoms with van der Waals surface area (Å²) in [7, 11) is 1.65. The van der Waals surface area contributed by atoms with Crippen molar-refractivity contribution in [2.75, 3.05) is 19.0 Å². The van der Waals surface area contributed by atoms with E-state index in [2.05, 4.69) is 10.3 Å². The molecule has 2 aromatic heterocycles. The normalized spacial score (nSPS) is 10.8. The highest BCUT2D eigenvalue weighted by molar-refractivity contribution is 5.90. The summed E-state index contributed by atoms with van der Waals surface area (Å²) in [6.07, 6.45) is 4.87. The van der Waals surface area contributed by atoms with Gasteiger partial charge >= 0.3 is 0 Å². The number of hydrogen-bond acceptors (Lipinski definition) is 4. The molecule has 0 aliphatic rings. The number of amides is 1. The van der Waals surface area contributed by atoms with Crippen LogP contribution in [0.3, 0.4) is 0 Å². The minimum absolute atomic E-state index is 0.0876. The lowest BCUT2D eigenvalue weighted by molar-refractivity contribution is -0.116. The van der Waals surface area contributed by atoms with Gasteiger partial charge in [0.15, 0.2) is 0 Å². The molecule has 0 unspecified atom stereocenters. The number of methoxy groups -OCH3 is 1. The minimum Gasteiger partial charge on any atom is -0.497 e. The molecule has 6 heteroatoms. The first-order valence-electron chi connectivity index (χ1n) is 7.78. The maximum absolute atomic E-state index is 11.6. The Morgan fingerprint density at radius 1 is 1.21 bits per heavy atom. The van der Waals surface area contributed by atoms with Crippen molar-refractivity contribution in [3.05, 3.63) is 60.0 Å². The van der Waals surface area contributed by atoms with Crippen LogP contribution < -0.4 is 15.8 Å². The van der Waals surface area contributed by atoms with Gasteiger partial charge in [-0.2, -0.15) is 0 Å². The molecule has 0 saturated heterocycles. The first kappa shape index (κ1) is 16.0. The van der Waals surface area contributed by atoms with Crippen LogP contribution in [0.25, 0.3) is 5.65 Å². The van der Waals surface area contributed by atoms with Crippen molar-refractivity contribution < 1.29 is 9.53 Å². The molecular weight excluding hydrogens is 304 g/mol. The second-order valence-corrected chi connectivity index (χ2v) is 5.53. The zero-order valence-electron chi connectivity index (χ0n) is 13.5. The van der Waals surface area contributed by atoms with Crippen molar-refractivity contribution in [2.45, 2.75) is 12.8 Å². The smallest absolute Gasteiger partial charge is 0.225 e. The van der Waals surface area contributed by atoms with E-state index in [-0.39, 0.29) is 5.91 Å². The summed E-state index contributed by atoms with van der Waals surface area (Å²) < 4.78 is 7.08. The Bertz CT molecular complexity index is 840. The highest BCUT2D eigenvalue weighted by Gasteiger charge is 2.06. The Kier molecular flexibility index (Phi) is 4.77. The second-order valence-electron chi connectivity index (χ2n) is 5.53. The number of imidazole rings is 1. The molecule has 3 aromatic rings. The third kappa shape index (κ3) is 3.72. The number of rotatable bonds is 6. The average Bonchev–Trinajstić information content (AvgIpc) is 2.97. The van der Waals surface area contributed by atoms with E-state index in [4.69, 9.17) is 10.5 Å². The SMILES string of the molecule is COc1ccc(Cc2cn3cc(NC(=O)CCN)ccc3n2)cc1. The molecule has 1 amide bonds. The first-order valence-corrected chi connectivity index (χ1v) is 7.78. The third-order valence-corrected chi connectivity index (χ3v) is 3.70. The van der Waals surface area contributed by atoms with Gasteiger partial charge in [0.25, 0.3) is 0 Å². The van der Waals surface area contributed by atoms with Gasteiger partial charge in [-0.25, -0.2) is 4.98 Å². The molecule has 3 rings (SSSR count). The topological polar surface area (TPSA) is 81.7 Å². The molecule has 0 spiro atoms. The molecule has 0 saturated carbocycles. The van der Waals surface area contributed by atoms with E-state index in [0.717, 1.165) is 34.8 Å². The van der Waals surface area contributed by atoms with Crippen molar-refractivity contribution in [1.82, 2.24) is 9.38 Å². The van der Waals surface area contributed by atoms with Gasteiger partial charge in [-0.15, -0.1) is 0 Å². The van der Waals surface area contributed by atoms with Crippen LogP contribution in [0.4, 0.5) is 5.69 Å². The van der Waals surface area contributed by atoms with Crippen molar-refractivity contribution in [3.63, 3.8) is 0 Å². The Hall–Kier alpha value is -2.86. The molecule has 6 nitrogen and oxygen atoms in total. The lowest BCUT2D eigenvalue weighted by atomic mass is 10.1. The summed E-state index contributed by atoms with van der Waals surface area (Å²) in [5.41, 5.74) is 9.08. The molecule has 0 aliphatic heterocycles. The summed E-state index contributed by atoms with van der Waals surface area (Å²) >= 11 is 0. The van der Waals surface area contributed by atoms with Gasteiger partial charge in [0.2, 0.25) is 5.91 Å². The number of benzene rings is 1. The van der Waals surface area contributed by atoms with Crippen molar-refractivity contribution in [1.29, 1.82) is 0 Å².